The van der Waals surface area contributed by atoms with Crippen LogP contribution in [0, 0.1) is 17.0 Å². The molecular formula is C18H19N3O5. The van der Waals surface area contributed by atoms with E-state index in [1.807, 2.05) is 0 Å². The van der Waals surface area contributed by atoms with Crippen LogP contribution in [0.5, 0.6) is 0 Å². The Kier molecular flexibility index (Phi) is 5.56. The molecule has 136 valence electrons. The summed E-state index contributed by atoms with van der Waals surface area (Å²) in [5, 5.41) is 13.7. The Morgan fingerprint density at radius 2 is 1.85 bits per heavy atom. The molecule has 1 N–H and O–H groups in total. The number of nitrogens with one attached hydrogen (secondary N) is 1. The van der Waals surface area contributed by atoms with Gasteiger partial charge in [-0.05, 0) is 36.8 Å². The number of nitro groups is 1. The molecule has 2 rings (SSSR count). The van der Waals surface area contributed by atoms with Gasteiger partial charge in [-0.2, -0.15) is 0 Å². The van der Waals surface area contributed by atoms with Crippen molar-refractivity contribution in [2.75, 3.05) is 31.4 Å². The lowest BCUT2D eigenvalue weighted by atomic mass is 10.1. The fourth-order valence-corrected chi connectivity index (χ4v) is 2.45. The summed E-state index contributed by atoms with van der Waals surface area (Å²) >= 11 is 0. The predicted molar refractivity (Wildman–Crippen MR) is 97.9 cm³/mol. The van der Waals surface area contributed by atoms with Gasteiger partial charge in [0.05, 0.1) is 23.2 Å². The van der Waals surface area contributed by atoms with E-state index in [-0.39, 0.29) is 11.3 Å². The lowest BCUT2D eigenvalue weighted by molar-refractivity contribution is -0.384. The molecule has 8 nitrogen and oxygen atoms in total. The molecule has 0 radical (unpaired) electrons. The third-order valence-corrected chi connectivity index (χ3v) is 3.81. The molecule has 8 heteroatoms. The number of carbonyl (C=O) groups is 2. The second-order valence-corrected chi connectivity index (χ2v) is 5.83. The minimum Gasteiger partial charge on any atom is -0.465 e. The van der Waals surface area contributed by atoms with Gasteiger partial charge in [0.15, 0.2) is 0 Å². The van der Waals surface area contributed by atoms with E-state index in [1.54, 1.807) is 38.1 Å². The van der Waals surface area contributed by atoms with Crippen LogP contribution in [-0.4, -0.2) is 38.0 Å². The van der Waals surface area contributed by atoms with Gasteiger partial charge in [-0.25, -0.2) is 4.79 Å². The van der Waals surface area contributed by atoms with Gasteiger partial charge in [-0.15, -0.1) is 0 Å². The molecule has 0 heterocycles. The van der Waals surface area contributed by atoms with Gasteiger partial charge in [-0.3, -0.25) is 14.9 Å². The Balaban J connectivity index is 2.36. The number of esters is 1. The van der Waals surface area contributed by atoms with Crippen LogP contribution < -0.4 is 10.2 Å². The van der Waals surface area contributed by atoms with E-state index < -0.39 is 16.8 Å². The smallest absolute Gasteiger partial charge is 0.337 e. The number of aryl methyl sites for hydroxylation is 1. The van der Waals surface area contributed by atoms with Crippen LogP contribution >= 0.6 is 0 Å². The summed E-state index contributed by atoms with van der Waals surface area (Å²) in [5.74, 6) is -0.953. The standard InChI is InChI=1S/C18H19N3O5/c1-11-9-12(18(23)26-4)5-7-15(11)19-17(22)14-10-13(21(24)25)6-8-16(14)20(2)3/h5-10H,1-4H3,(H,19,22). The summed E-state index contributed by atoms with van der Waals surface area (Å²) in [5.41, 5.74) is 2.10. The highest BCUT2D eigenvalue weighted by molar-refractivity contribution is 6.09. The number of nitrogens with zero attached hydrogens (tertiary/aromatic N) is 2. The number of methoxy groups -OCH3 is 1. The van der Waals surface area contributed by atoms with Gasteiger partial charge in [0, 0.05) is 37.6 Å². The molecule has 0 saturated carbocycles. The Morgan fingerprint density at radius 1 is 1.15 bits per heavy atom. The quantitative estimate of drug-likeness (QED) is 0.501. The predicted octanol–water partition coefficient (Wildman–Crippen LogP) is 3.01. The van der Waals surface area contributed by atoms with Crippen LogP contribution in [0.1, 0.15) is 26.3 Å². The molecular weight excluding hydrogens is 338 g/mol. The summed E-state index contributed by atoms with van der Waals surface area (Å²) < 4.78 is 4.66. The van der Waals surface area contributed by atoms with Gasteiger partial charge in [0.1, 0.15) is 0 Å². The minimum absolute atomic E-state index is 0.168. The van der Waals surface area contributed by atoms with Crippen molar-refractivity contribution < 1.29 is 19.2 Å². The third kappa shape index (κ3) is 3.97. The second-order valence-electron chi connectivity index (χ2n) is 5.83. The van der Waals surface area contributed by atoms with Crippen molar-refractivity contribution in [3.63, 3.8) is 0 Å². The number of carbonyl (C=O) groups excluding carboxylic acids is 2. The minimum atomic E-state index is -0.549. The molecule has 0 aliphatic heterocycles. The van der Waals surface area contributed by atoms with Crippen molar-refractivity contribution in [1.29, 1.82) is 0 Å². The third-order valence-electron chi connectivity index (χ3n) is 3.81. The largest absolute Gasteiger partial charge is 0.465 e. The molecule has 0 aliphatic carbocycles. The molecule has 0 fully saturated rings. The lowest BCUT2D eigenvalue weighted by Crippen LogP contribution is -2.19. The number of amides is 1. The van der Waals surface area contributed by atoms with Crippen LogP contribution in [0.2, 0.25) is 0 Å². The van der Waals surface area contributed by atoms with Crippen molar-refractivity contribution >= 4 is 28.9 Å². The van der Waals surface area contributed by atoms with E-state index >= 15 is 0 Å². The topological polar surface area (TPSA) is 102 Å². The summed E-state index contributed by atoms with van der Waals surface area (Å²) in [6, 6.07) is 8.84. The van der Waals surface area contributed by atoms with Crippen molar-refractivity contribution in [2.24, 2.45) is 0 Å². The van der Waals surface area contributed by atoms with Gasteiger partial charge < -0.3 is 15.0 Å². The molecule has 0 spiro atoms. The number of nitro benzene ring substituents is 1. The Bertz CT molecular complexity index is 877. The fourth-order valence-electron chi connectivity index (χ4n) is 2.45. The van der Waals surface area contributed by atoms with Crippen molar-refractivity contribution in [2.45, 2.75) is 6.92 Å². The van der Waals surface area contributed by atoms with E-state index in [9.17, 15) is 19.7 Å². The first kappa shape index (κ1) is 18.9. The first-order valence-corrected chi connectivity index (χ1v) is 7.70. The maximum Gasteiger partial charge on any atom is 0.337 e. The first-order valence-electron chi connectivity index (χ1n) is 7.70. The summed E-state index contributed by atoms with van der Waals surface area (Å²) in [6.07, 6.45) is 0. The van der Waals surface area contributed by atoms with E-state index in [1.165, 1.54) is 31.4 Å². The van der Waals surface area contributed by atoms with Crippen LogP contribution in [-0.2, 0) is 4.74 Å². The number of hydrogen-bond acceptors (Lipinski definition) is 6. The molecule has 2 aromatic carbocycles. The molecule has 0 bridgehead atoms. The molecule has 0 atom stereocenters. The number of benzene rings is 2. The molecule has 0 unspecified atom stereocenters. The van der Waals surface area contributed by atoms with E-state index in [2.05, 4.69) is 10.1 Å². The summed E-state index contributed by atoms with van der Waals surface area (Å²) in [4.78, 5) is 36.4. The highest BCUT2D eigenvalue weighted by atomic mass is 16.6. The molecule has 2 aromatic rings. The normalized spacial score (nSPS) is 10.2. The van der Waals surface area contributed by atoms with Gasteiger partial charge in [0.2, 0.25) is 0 Å². The second kappa shape index (κ2) is 7.64. The molecule has 0 aromatic heterocycles. The first-order chi connectivity index (χ1) is 12.2. The zero-order valence-corrected chi connectivity index (χ0v) is 14.9. The number of anilines is 2. The Labute approximate surface area is 150 Å². The number of ether oxygens (including phenoxy) is 1. The van der Waals surface area contributed by atoms with Crippen LogP contribution in [0.3, 0.4) is 0 Å². The summed E-state index contributed by atoms with van der Waals surface area (Å²) in [6.45, 7) is 1.74. The van der Waals surface area contributed by atoms with E-state index in [0.29, 0.717) is 22.5 Å². The lowest BCUT2D eigenvalue weighted by Gasteiger charge is -2.17. The maximum atomic E-state index is 12.7. The zero-order valence-electron chi connectivity index (χ0n) is 14.9. The molecule has 0 saturated heterocycles. The number of hydrogen-bond donors (Lipinski definition) is 1. The van der Waals surface area contributed by atoms with E-state index in [0.717, 1.165) is 0 Å². The van der Waals surface area contributed by atoms with E-state index in [4.69, 9.17) is 0 Å². The van der Waals surface area contributed by atoms with Gasteiger partial charge in [0.25, 0.3) is 11.6 Å². The van der Waals surface area contributed by atoms with Crippen LogP contribution in [0.15, 0.2) is 36.4 Å². The molecule has 1 amide bonds. The van der Waals surface area contributed by atoms with Gasteiger partial charge in [-0.1, -0.05) is 0 Å². The highest BCUT2D eigenvalue weighted by Gasteiger charge is 2.19. The Morgan fingerprint density at radius 3 is 2.38 bits per heavy atom. The molecule has 0 aliphatic rings. The number of rotatable bonds is 5. The SMILES string of the molecule is COC(=O)c1ccc(NC(=O)c2cc([N+](=O)[O-])ccc2N(C)C)c(C)c1. The summed E-state index contributed by atoms with van der Waals surface area (Å²) in [7, 11) is 4.78. The zero-order chi connectivity index (χ0) is 19.4. The Hall–Kier alpha value is -3.42. The fraction of sp³-hybridized carbons (Fsp3) is 0.222. The monoisotopic (exact) mass is 357 g/mol. The average molecular weight is 357 g/mol. The van der Waals surface area contributed by atoms with Crippen LogP contribution in [0.25, 0.3) is 0 Å². The van der Waals surface area contributed by atoms with Gasteiger partial charge >= 0.3 is 5.97 Å². The average Bonchev–Trinajstić information content (AvgIpc) is 2.61. The highest BCUT2D eigenvalue weighted by Crippen LogP contribution is 2.26. The molecule has 26 heavy (non-hydrogen) atoms. The number of non-ortho nitro benzene ring substituents is 1. The van der Waals surface area contributed by atoms with Crippen molar-refractivity contribution in [3.05, 3.63) is 63.2 Å². The van der Waals surface area contributed by atoms with Crippen molar-refractivity contribution in [3.8, 4) is 0 Å². The van der Waals surface area contributed by atoms with Crippen LogP contribution in [0.4, 0.5) is 17.1 Å². The maximum absolute atomic E-state index is 12.7. The van der Waals surface area contributed by atoms with Crippen molar-refractivity contribution in [1.82, 2.24) is 0 Å².